The average molecular weight is 394 g/mol. The molecule has 1 atom stereocenters. The molecule has 0 aliphatic carbocycles. The van der Waals surface area contributed by atoms with Gasteiger partial charge in [0.05, 0.1) is 28.1 Å². The van der Waals surface area contributed by atoms with E-state index < -0.39 is 11.9 Å². The molecular formula is C17H17Cl2N5O2. The zero-order valence-corrected chi connectivity index (χ0v) is 15.6. The number of carbonyl (C=O) groups excluding carboxylic acids is 1. The largest absolute Gasteiger partial charge is 0.463 e. The Kier molecular flexibility index (Phi) is 4.93. The fraction of sp³-hybridized carbons (Fsp3) is 0.235. The Labute approximate surface area is 160 Å². The zero-order valence-electron chi connectivity index (χ0n) is 14.1. The molecule has 5 N–H and O–H groups in total. The lowest BCUT2D eigenvalue weighted by Crippen LogP contribution is -2.27. The van der Waals surface area contributed by atoms with Crippen LogP contribution >= 0.6 is 23.2 Å². The monoisotopic (exact) mass is 393 g/mol. The molecule has 9 heteroatoms. The van der Waals surface area contributed by atoms with E-state index in [1.165, 1.54) is 0 Å². The Bertz CT molecular complexity index is 930. The first kappa shape index (κ1) is 18.3. The van der Waals surface area contributed by atoms with Gasteiger partial charge in [-0.2, -0.15) is 9.97 Å². The van der Waals surface area contributed by atoms with Crippen molar-refractivity contribution in [3.8, 4) is 0 Å². The topological polar surface area (TPSA) is 116 Å². The van der Waals surface area contributed by atoms with Crippen molar-refractivity contribution in [2.75, 3.05) is 23.4 Å². The molecule has 0 amide bonds. The number of anilines is 3. The molecule has 3 rings (SSSR count). The number of nitrogen functional groups attached to an aromatic ring is 2. The standard InChI is InChI=1S/C17H17Cl2N5O2/c1-3-26-16(25)10-7(2)22-15-12(14(20)23-17(21)24-15)11(10)8-5-4-6-9(18)13(8)19/h4-6,11H,3H2,1-2H3,(H5,20,21,22,23,24). The molecule has 0 fully saturated rings. The van der Waals surface area contributed by atoms with Crippen molar-refractivity contribution in [3.05, 3.63) is 50.6 Å². The summed E-state index contributed by atoms with van der Waals surface area (Å²) in [5.74, 6) is -0.536. The van der Waals surface area contributed by atoms with Gasteiger partial charge >= 0.3 is 5.97 Å². The van der Waals surface area contributed by atoms with Crippen LogP contribution in [0, 0.1) is 0 Å². The lowest BCUT2D eigenvalue weighted by Gasteiger charge is -2.30. The maximum Gasteiger partial charge on any atom is 0.336 e. The number of rotatable bonds is 3. The van der Waals surface area contributed by atoms with Gasteiger partial charge in [-0.05, 0) is 25.5 Å². The minimum absolute atomic E-state index is 0.0251. The lowest BCUT2D eigenvalue weighted by atomic mass is 9.82. The number of ether oxygens (including phenoxy) is 1. The number of benzene rings is 1. The molecule has 0 radical (unpaired) electrons. The summed E-state index contributed by atoms with van der Waals surface area (Å²) in [5, 5.41) is 3.73. The number of carbonyl (C=O) groups is 1. The predicted molar refractivity (Wildman–Crippen MR) is 102 cm³/mol. The maximum atomic E-state index is 12.7. The number of aromatic nitrogens is 2. The highest BCUT2D eigenvalue weighted by Gasteiger charge is 2.37. The van der Waals surface area contributed by atoms with E-state index in [0.717, 1.165) is 0 Å². The summed E-state index contributed by atoms with van der Waals surface area (Å²) in [7, 11) is 0. The Balaban J connectivity index is 2.31. The van der Waals surface area contributed by atoms with Crippen LogP contribution < -0.4 is 16.8 Å². The second kappa shape index (κ2) is 7.01. The lowest BCUT2D eigenvalue weighted by molar-refractivity contribution is -0.138. The summed E-state index contributed by atoms with van der Waals surface area (Å²) in [5.41, 5.74) is 13.9. The zero-order chi connectivity index (χ0) is 19.0. The van der Waals surface area contributed by atoms with Crippen LogP contribution in [0.1, 0.15) is 30.9 Å². The van der Waals surface area contributed by atoms with Gasteiger partial charge < -0.3 is 21.5 Å². The number of fused-ring (bicyclic) bond motifs is 1. The Morgan fingerprint density at radius 1 is 1.31 bits per heavy atom. The van der Waals surface area contributed by atoms with Gasteiger partial charge in [0.1, 0.15) is 11.6 Å². The number of esters is 1. The highest BCUT2D eigenvalue weighted by Crippen LogP contribution is 2.46. The first-order chi connectivity index (χ1) is 12.3. The third kappa shape index (κ3) is 3.04. The van der Waals surface area contributed by atoms with Crippen LogP contribution in [0.4, 0.5) is 17.6 Å². The molecule has 1 aliphatic rings. The molecule has 0 bridgehead atoms. The van der Waals surface area contributed by atoms with Crippen molar-refractivity contribution < 1.29 is 9.53 Å². The van der Waals surface area contributed by atoms with E-state index in [2.05, 4.69) is 15.3 Å². The smallest absolute Gasteiger partial charge is 0.336 e. The van der Waals surface area contributed by atoms with E-state index in [-0.39, 0.29) is 18.4 Å². The molecule has 136 valence electrons. The van der Waals surface area contributed by atoms with Crippen molar-refractivity contribution >= 4 is 46.8 Å². The molecule has 2 heterocycles. The molecule has 26 heavy (non-hydrogen) atoms. The first-order valence-corrected chi connectivity index (χ1v) is 8.62. The fourth-order valence-electron chi connectivity index (χ4n) is 3.02. The molecule has 2 aromatic rings. The molecule has 1 aromatic heterocycles. The molecule has 1 unspecified atom stereocenters. The third-order valence-corrected chi connectivity index (χ3v) is 4.90. The third-order valence-electron chi connectivity index (χ3n) is 4.07. The van der Waals surface area contributed by atoms with Gasteiger partial charge in [-0.15, -0.1) is 0 Å². The Morgan fingerprint density at radius 2 is 2.04 bits per heavy atom. The fourth-order valence-corrected chi connectivity index (χ4v) is 3.44. The molecule has 0 saturated heterocycles. The number of halogens is 2. The van der Waals surface area contributed by atoms with Gasteiger partial charge in [-0.3, -0.25) is 0 Å². The second-order valence-corrected chi connectivity index (χ2v) is 6.47. The van der Waals surface area contributed by atoms with Gasteiger partial charge in [0.25, 0.3) is 0 Å². The van der Waals surface area contributed by atoms with Gasteiger partial charge in [0, 0.05) is 11.3 Å². The van der Waals surface area contributed by atoms with Gasteiger partial charge in [-0.25, -0.2) is 4.79 Å². The van der Waals surface area contributed by atoms with Crippen molar-refractivity contribution in [1.29, 1.82) is 0 Å². The van der Waals surface area contributed by atoms with Gasteiger partial charge in [-0.1, -0.05) is 35.3 Å². The van der Waals surface area contributed by atoms with E-state index in [1.54, 1.807) is 32.0 Å². The quantitative estimate of drug-likeness (QED) is 0.684. The van der Waals surface area contributed by atoms with Crippen LogP contribution in [0.2, 0.25) is 10.0 Å². The first-order valence-electron chi connectivity index (χ1n) is 7.86. The summed E-state index contributed by atoms with van der Waals surface area (Å²) in [6, 6.07) is 5.19. The van der Waals surface area contributed by atoms with Crippen LogP contribution in [0.15, 0.2) is 29.5 Å². The summed E-state index contributed by atoms with van der Waals surface area (Å²) in [6.07, 6.45) is 0. The highest BCUT2D eigenvalue weighted by atomic mass is 35.5. The number of hydrogen-bond acceptors (Lipinski definition) is 7. The molecule has 0 spiro atoms. The average Bonchev–Trinajstić information content (AvgIpc) is 2.56. The van der Waals surface area contributed by atoms with Crippen LogP contribution in [0.25, 0.3) is 0 Å². The van der Waals surface area contributed by atoms with E-state index >= 15 is 0 Å². The Morgan fingerprint density at radius 3 is 2.73 bits per heavy atom. The Hall–Kier alpha value is -2.51. The normalized spacial score (nSPS) is 16.1. The minimum atomic E-state index is -0.642. The SMILES string of the molecule is CCOC(=O)C1=C(C)Nc2nc(N)nc(N)c2C1c1cccc(Cl)c1Cl. The van der Waals surface area contributed by atoms with Crippen molar-refractivity contribution in [3.63, 3.8) is 0 Å². The number of hydrogen-bond donors (Lipinski definition) is 3. The van der Waals surface area contributed by atoms with E-state index in [0.29, 0.717) is 38.3 Å². The summed E-state index contributed by atoms with van der Waals surface area (Å²) >= 11 is 12.6. The van der Waals surface area contributed by atoms with Crippen molar-refractivity contribution in [2.45, 2.75) is 19.8 Å². The van der Waals surface area contributed by atoms with E-state index in [9.17, 15) is 4.79 Å². The van der Waals surface area contributed by atoms with E-state index in [4.69, 9.17) is 39.4 Å². The van der Waals surface area contributed by atoms with Gasteiger partial charge in [0.2, 0.25) is 5.95 Å². The predicted octanol–water partition coefficient (Wildman–Crippen LogP) is 3.34. The maximum absolute atomic E-state index is 12.7. The molecular weight excluding hydrogens is 377 g/mol. The summed E-state index contributed by atoms with van der Waals surface area (Å²) in [4.78, 5) is 20.9. The molecule has 0 saturated carbocycles. The molecule has 1 aromatic carbocycles. The summed E-state index contributed by atoms with van der Waals surface area (Å²) < 4.78 is 5.23. The number of nitrogens with two attached hydrogens (primary N) is 2. The van der Waals surface area contributed by atoms with Crippen LogP contribution in [-0.2, 0) is 9.53 Å². The number of allylic oxidation sites excluding steroid dienone is 1. The highest BCUT2D eigenvalue weighted by molar-refractivity contribution is 6.42. The number of nitrogens with one attached hydrogen (secondary N) is 1. The van der Waals surface area contributed by atoms with E-state index in [1.807, 2.05) is 0 Å². The van der Waals surface area contributed by atoms with Crippen molar-refractivity contribution in [1.82, 2.24) is 9.97 Å². The van der Waals surface area contributed by atoms with Crippen LogP contribution in [0.5, 0.6) is 0 Å². The molecule has 7 nitrogen and oxygen atoms in total. The van der Waals surface area contributed by atoms with Crippen molar-refractivity contribution in [2.24, 2.45) is 0 Å². The summed E-state index contributed by atoms with van der Waals surface area (Å²) in [6.45, 7) is 3.71. The minimum Gasteiger partial charge on any atom is -0.463 e. The molecule has 1 aliphatic heterocycles. The van der Waals surface area contributed by atoms with Crippen LogP contribution in [-0.4, -0.2) is 22.5 Å². The van der Waals surface area contributed by atoms with Gasteiger partial charge in [0.15, 0.2) is 0 Å². The van der Waals surface area contributed by atoms with Crippen LogP contribution in [0.3, 0.4) is 0 Å². The number of nitrogens with zero attached hydrogens (tertiary/aromatic N) is 2. The second-order valence-electron chi connectivity index (χ2n) is 5.69.